The summed E-state index contributed by atoms with van der Waals surface area (Å²) >= 11 is 1.40. The van der Waals surface area contributed by atoms with Gasteiger partial charge >= 0.3 is 0 Å². The standard InChI is InChI=1S/C16H21N3OS/c1-19(11-7-4-2-3-5-8-11)16(20)14-13(17)12-9-6-10-18-15(12)21-14/h6,9-11H,2-5,7-8,17H2,1H3. The van der Waals surface area contributed by atoms with Gasteiger partial charge in [0, 0.05) is 24.7 Å². The summed E-state index contributed by atoms with van der Waals surface area (Å²) in [5, 5.41) is 0.889. The summed E-state index contributed by atoms with van der Waals surface area (Å²) in [6, 6.07) is 4.13. The Kier molecular flexibility index (Phi) is 4.10. The molecule has 0 bridgehead atoms. The maximum absolute atomic E-state index is 12.8. The quantitative estimate of drug-likeness (QED) is 0.861. The fourth-order valence-electron chi connectivity index (χ4n) is 3.08. The molecule has 2 heterocycles. The SMILES string of the molecule is CN(C(=O)c1sc2ncccc2c1N)C1CCCCCC1. The van der Waals surface area contributed by atoms with Crippen LogP contribution in [0.4, 0.5) is 5.69 Å². The van der Waals surface area contributed by atoms with E-state index in [2.05, 4.69) is 4.98 Å². The van der Waals surface area contributed by atoms with E-state index in [4.69, 9.17) is 5.73 Å². The van der Waals surface area contributed by atoms with Crippen molar-refractivity contribution in [1.82, 2.24) is 9.88 Å². The third-order valence-corrected chi connectivity index (χ3v) is 5.51. The second-order valence-electron chi connectivity index (χ2n) is 5.76. The van der Waals surface area contributed by atoms with Crippen LogP contribution in [0.5, 0.6) is 0 Å². The molecule has 0 aromatic carbocycles. The number of hydrogen-bond donors (Lipinski definition) is 1. The highest BCUT2D eigenvalue weighted by atomic mass is 32.1. The van der Waals surface area contributed by atoms with Crippen LogP contribution in [0.25, 0.3) is 10.2 Å². The van der Waals surface area contributed by atoms with Gasteiger partial charge in [-0.3, -0.25) is 4.79 Å². The van der Waals surface area contributed by atoms with Gasteiger partial charge in [-0.15, -0.1) is 11.3 Å². The molecule has 1 aliphatic rings. The molecule has 0 radical (unpaired) electrons. The summed E-state index contributed by atoms with van der Waals surface area (Å²) < 4.78 is 0. The monoisotopic (exact) mass is 303 g/mol. The van der Waals surface area contributed by atoms with E-state index in [0.29, 0.717) is 16.6 Å². The number of pyridine rings is 1. The fourth-order valence-corrected chi connectivity index (χ4v) is 4.13. The minimum Gasteiger partial charge on any atom is -0.397 e. The van der Waals surface area contributed by atoms with E-state index >= 15 is 0 Å². The number of carbonyl (C=O) groups excluding carboxylic acids is 1. The normalized spacial score (nSPS) is 16.8. The molecule has 1 amide bonds. The molecule has 1 aliphatic carbocycles. The Hall–Kier alpha value is -1.62. The van der Waals surface area contributed by atoms with Crippen molar-refractivity contribution < 1.29 is 4.79 Å². The molecule has 4 nitrogen and oxygen atoms in total. The highest BCUT2D eigenvalue weighted by Gasteiger charge is 2.25. The van der Waals surface area contributed by atoms with Gasteiger partial charge in [0.25, 0.3) is 5.91 Å². The molecule has 0 spiro atoms. The molecule has 0 saturated heterocycles. The van der Waals surface area contributed by atoms with E-state index in [1.54, 1.807) is 6.20 Å². The highest BCUT2D eigenvalue weighted by molar-refractivity contribution is 7.21. The summed E-state index contributed by atoms with van der Waals surface area (Å²) in [7, 11) is 1.91. The molecule has 2 N–H and O–H groups in total. The lowest BCUT2D eigenvalue weighted by Crippen LogP contribution is -2.36. The van der Waals surface area contributed by atoms with Crippen LogP contribution in [0.1, 0.15) is 48.2 Å². The first-order valence-corrected chi connectivity index (χ1v) is 8.40. The van der Waals surface area contributed by atoms with E-state index in [9.17, 15) is 4.79 Å². The van der Waals surface area contributed by atoms with Crippen LogP contribution in [-0.2, 0) is 0 Å². The molecule has 2 aromatic heterocycles. The zero-order valence-corrected chi connectivity index (χ0v) is 13.2. The van der Waals surface area contributed by atoms with E-state index in [1.165, 1.54) is 37.0 Å². The average Bonchev–Trinajstić information content (AvgIpc) is 2.70. The zero-order valence-electron chi connectivity index (χ0n) is 12.3. The van der Waals surface area contributed by atoms with Gasteiger partial charge in [0.05, 0.1) is 5.69 Å². The Labute approximate surface area is 129 Å². The Bertz CT molecular complexity index is 644. The summed E-state index contributed by atoms with van der Waals surface area (Å²) in [4.78, 5) is 20.4. The summed E-state index contributed by atoms with van der Waals surface area (Å²) in [5.74, 6) is 0.0439. The average molecular weight is 303 g/mol. The smallest absolute Gasteiger partial charge is 0.266 e. The highest BCUT2D eigenvalue weighted by Crippen LogP contribution is 2.33. The van der Waals surface area contributed by atoms with E-state index < -0.39 is 0 Å². The maximum atomic E-state index is 12.8. The lowest BCUT2D eigenvalue weighted by Gasteiger charge is -2.27. The number of carbonyl (C=O) groups is 1. The molecular formula is C16H21N3OS. The first kappa shape index (κ1) is 14.3. The molecule has 0 aliphatic heterocycles. The summed E-state index contributed by atoms with van der Waals surface area (Å²) in [6.45, 7) is 0. The second-order valence-corrected chi connectivity index (χ2v) is 6.76. The maximum Gasteiger partial charge on any atom is 0.266 e. The minimum atomic E-state index is 0.0439. The summed E-state index contributed by atoms with van der Waals surface area (Å²) in [6.07, 6.45) is 8.94. The van der Waals surface area contributed by atoms with Gasteiger partial charge in [0.15, 0.2) is 0 Å². The largest absolute Gasteiger partial charge is 0.397 e. The van der Waals surface area contributed by atoms with Gasteiger partial charge in [-0.25, -0.2) is 4.98 Å². The van der Waals surface area contributed by atoms with E-state index in [1.807, 2.05) is 24.1 Å². The Balaban J connectivity index is 1.87. The molecule has 21 heavy (non-hydrogen) atoms. The van der Waals surface area contributed by atoms with Crippen molar-refractivity contribution in [3.05, 3.63) is 23.2 Å². The van der Waals surface area contributed by atoms with Crippen molar-refractivity contribution in [3.63, 3.8) is 0 Å². The Morgan fingerprint density at radius 2 is 2.05 bits per heavy atom. The molecule has 5 heteroatoms. The molecule has 0 unspecified atom stereocenters. The number of nitrogens with two attached hydrogens (primary N) is 1. The fraction of sp³-hybridized carbons (Fsp3) is 0.500. The van der Waals surface area contributed by atoms with Crippen LogP contribution in [0.3, 0.4) is 0 Å². The predicted octanol–water partition coefficient (Wildman–Crippen LogP) is 3.67. The second kappa shape index (κ2) is 6.02. The number of aromatic nitrogens is 1. The van der Waals surface area contributed by atoms with E-state index in [0.717, 1.165) is 23.1 Å². The van der Waals surface area contributed by atoms with Crippen LogP contribution < -0.4 is 5.73 Å². The third-order valence-electron chi connectivity index (χ3n) is 4.39. The zero-order chi connectivity index (χ0) is 14.8. The topological polar surface area (TPSA) is 59.2 Å². The first-order chi connectivity index (χ1) is 10.2. The minimum absolute atomic E-state index is 0.0439. The number of nitrogen functional groups attached to an aromatic ring is 1. The molecule has 2 aromatic rings. The number of amides is 1. The summed E-state index contributed by atoms with van der Waals surface area (Å²) in [5.41, 5.74) is 6.74. The van der Waals surface area contributed by atoms with Gasteiger partial charge in [-0.05, 0) is 25.0 Å². The molecule has 0 atom stereocenters. The predicted molar refractivity (Wildman–Crippen MR) is 87.6 cm³/mol. The third kappa shape index (κ3) is 2.75. The van der Waals surface area contributed by atoms with Gasteiger partial charge in [0.2, 0.25) is 0 Å². The lowest BCUT2D eigenvalue weighted by molar-refractivity contribution is 0.0723. The van der Waals surface area contributed by atoms with Crippen LogP contribution in [0.2, 0.25) is 0 Å². The lowest BCUT2D eigenvalue weighted by atomic mass is 10.1. The molecule has 3 rings (SSSR count). The Morgan fingerprint density at radius 3 is 2.71 bits per heavy atom. The van der Waals surface area contributed by atoms with Crippen LogP contribution in [0.15, 0.2) is 18.3 Å². The van der Waals surface area contributed by atoms with E-state index in [-0.39, 0.29) is 5.91 Å². The first-order valence-electron chi connectivity index (χ1n) is 7.58. The van der Waals surface area contributed by atoms with Gasteiger partial charge in [-0.2, -0.15) is 0 Å². The molecule has 112 valence electrons. The van der Waals surface area contributed by atoms with Crippen molar-refractivity contribution in [1.29, 1.82) is 0 Å². The van der Waals surface area contributed by atoms with Crippen LogP contribution in [-0.4, -0.2) is 28.9 Å². The van der Waals surface area contributed by atoms with Crippen molar-refractivity contribution in [2.75, 3.05) is 12.8 Å². The molecule has 1 fully saturated rings. The molecule has 1 saturated carbocycles. The number of rotatable bonds is 2. The van der Waals surface area contributed by atoms with Crippen molar-refractivity contribution in [2.45, 2.75) is 44.6 Å². The Morgan fingerprint density at radius 1 is 1.33 bits per heavy atom. The number of thiophene rings is 1. The van der Waals surface area contributed by atoms with Crippen molar-refractivity contribution in [3.8, 4) is 0 Å². The van der Waals surface area contributed by atoms with Gasteiger partial charge in [-0.1, -0.05) is 25.7 Å². The number of hydrogen-bond acceptors (Lipinski definition) is 4. The number of nitrogens with zero attached hydrogens (tertiary/aromatic N) is 2. The molecular weight excluding hydrogens is 282 g/mol. The van der Waals surface area contributed by atoms with Crippen LogP contribution >= 0.6 is 11.3 Å². The van der Waals surface area contributed by atoms with Crippen LogP contribution in [0, 0.1) is 0 Å². The van der Waals surface area contributed by atoms with Crippen molar-refractivity contribution >= 4 is 33.1 Å². The van der Waals surface area contributed by atoms with Gasteiger partial charge < -0.3 is 10.6 Å². The van der Waals surface area contributed by atoms with Crippen molar-refractivity contribution in [2.24, 2.45) is 0 Å². The van der Waals surface area contributed by atoms with Gasteiger partial charge in [0.1, 0.15) is 9.71 Å². The number of anilines is 1. The number of fused-ring (bicyclic) bond motifs is 1.